The number of rotatable bonds is 4. The van der Waals surface area contributed by atoms with E-state index >= 15 is 0 Å². The quantitative estimate of drug-likeness (QED) is 0.665. The molecular weight excluding hydrogens is 196 g/mol. The summed E-state index contributed by atoms with van der Waals surface area (Å²) < 4.78 is 0. The smallest absolute Gasteiger partial charge is 0.0261 e. The Morgan fingerprint density at radius 1 is 1.43 bits per heavy atom. The lowest BCUT2D eigenvalue weighted by atomic mass is 10.1. The molecule has 2 nitrogen and oxygen atoms in total. The van der Waals surface area contributed by atoms with Gasteiger partial charge >= 0.3 is 0 Å². The van der Waals surface area contributed by atoms with Gasteiger partial charge in [-0.3, -0.25) is 0 Å². The van der Waals surface area contributed by atoms with E-state index in [0.717, 1.165) is 18.5 Å². The monoisotopic (exact) mass is 218 g/mol. The number of nitrogens with zero attached hydrogens (tertiary/aromatic N) is 2. The molecule has 0 amide bonds. The van der Waals surface area contributed by atoms with Gasteiger partial charge in [-0.25, -0.2) is 0 Å². The maximum Gasteiger partial charge on any atom is 0.0261 e. The summed E-state index contributed by atoms with van der Waals surface area (Å²) in [6.07, 6.45) is 1.25. The van der Waals surface area contributed by atoms with Crippen LogP contribution in [0, 0.1) is 5.92 Å². The minimum Gasteiger partial charge on any atom is -0.301 e. The zero-order valence-electron chi connectivity index (χ0n) is 9.67. The Morgan fingerprint density at radius 2 is 2.14 bits per heavy atom. The van der Waals surface area contributed by atoms with E-state index in [1.807, 2.05) is 0 Å². The van der Waals surface area contributed by atoms with Crippen molar-refractivity contribution in [2.24, 2.45) is 5.92 Å². The third-order valence-corrected chi connectivity index (χ3v) is 3.69. The Bertz CT molecular complexity index is 163. The molecule has 0 spiro atoms. The van der Waals surface area contributed by atoms with Crippen LogP contribution in [0.2, 0.25) is 0 Å². The van der Waals surface area contributed by atoms with Gasteiger partial charge in [-0.1, -0.05) is 13.8 Å². The lowest BCUT2D eigenvalue weighted by Crippen LogP contribution is -2.52. The summed E-state index contributed by atoms with van der Waals surface area (Å²) in [7, 11) is 2.23. The molecule has 1 saturated heterocycles. The number of halogens is 1. The molecule has 1 rings (SSSR count). The predicted molar refractivity (Wildman–Crippen MR) is 63.0 cm³/mol. The van der Waals surface area contributed by atoms with E-state index in [-0.39, 0.29) is 0 Å². The van der Waals surface area contributed by atoms with Crippen LogP contribution < -0.4 is 0 Å². The molecule has 0 aromatic carbocycles. The molecule has 0 radical (unpaired) electrons. The van der Waals surface area contributed by atoms with Gasteiger partial charge in [0.2, 0.25) is 0 Å². The minimum absolute atomic E-state index is 0.623. The van der Waals surface area contributed by atoms with E-state index in [4.69, 9.17) is 11.6 Å². The molecule has 0 N–H and O–H groups in total. The Morgan fingerprint density at radius 3 is 2.71 bits per heavy atom. The van der Waals surface area contributed by atoms with Crippen molar-refractivity contribution >= 4 is 11.6 Å². The maximum absolute atomic E-state index is 5.83. The van der Waals surface area contributed by atoms with Gasteiger partial charge in [-0.15, -0.1) is 11.6 Å². The van der Waals surface area contributed by atoms with Crippen LogP contribution in [0.15, 0.2) is 0 Å². The van der Waals surface area contributed by atoms with E-state index in [2.05, 4.69) is 30.7 Å². The number of piperazine rings is 1. The third-order valence-electron chi connectivity index (χ3n) is 3.17. The molecular formula is C11H23ClN2. The first-order valence-corrected chi connectivity index (χ1v) is 6.19. The van der Waals surface area contributed by atoms with Crippen LogP contribution in [0.1, 0.15) is 20.3 Å². The van der Waals surface area contributed by atoms with E-state index in [9.17, 15) is 0 Å². The average molecular weight is 219 g/mol. The van der Waals surface area contributed by atoms with Crippen molar-refractivity contribution in [1.29, 1.82) is 0 Å². The van der Waals surface area contributed by atoms with E-state index in [1.54, 1.807) is 0 Å². The molecule has 0 saturated carbocycles. The zero-order valence-corrected chi connectivity index (χ0v) is 10.4. The molecule has 1 aliphatic heterocycles. The van der Waals surface area contributed by atoms with Gasteiger partial charge in [0.05, 0.1) is 0 Å². The molecule has 0 bridgehead atoms. The van der Waals surface area contributed by atoms with Gasteiger partial charge < -0.3 is 9.80 Å². The summed E-state index contributed by atoms with van der Waals surface area (Å²) in [6.45, 7) is 9.28. The lowest BCUT2D eigenvalue weighted by molar-refractivity contribution is 0.0855. The highest BCUT2D eigenvalue weighted by atomic mass is 35.5. The molecule has 2 unspecified atom stereocenters. The van der Waals surface area contributed by atoms with Gasteiger partial charge in [-0.2, -0.15) is 0 Å². The molecule has 1 aliphatic rings. The van der Waals surface area contributed by atoms with Crippen LogP contribution >= 0.6 is 11.6 Å². The highest BCUT2D eigenvalue weighted by molar-refractivity contribution is 6.18. The van der Waals surface area contributed by atoms with Crippen LogP contribution in [0.3, 0.4) is 0 Å². The van der Waals surface area contributed by atoms with Crippen LogP contribution in [0.5, 0.6) is 0 Å². The standard InChI is InChI=1S/C11H23ClN2/c1-4-11-9-14(6-5-13(11)3)8-10(2)7-12/h10-11H,4-9H2,1-3H3. The van der Waals surface area contributed by atoms with Gasteiger partial charge in [0.25, 0.3) is 0 Å². The van der Waals surface area contributed by atoms with E-state index < -0.39 is 0 Å². The van der Waals surface area contributed by atoms with E-state index in [0.29, 0.717) is 5.92 Å². The fourth-order valence-electron chi connectivity index (χ4n) is 2.11. The largest absolute Gasteiger partial charge is 0.301 e. The van der Waals surface area contributed by atoms with Gasteiger partial charge in [0, 0.05) is 38.1 Å². The number of alkyl halides is 1. The second kappa shape index (κ2) is 5.94. The van der Waals surface area contributed by atoms with Gasteiger partial charge in [-0.05, 0) is 19.4 Å². The first kappa shape index (κ1) is 12.3. The zero-order chi connectivity index (χ0) is 10.6. The third kappa shape index (κ3) is 3.41. The SMILES string of the molecule is CCC1CN(CC(C)CCl)CCN1C. The summed E-state index contributed by atoms with van der Waals surface area (Å²) in [5.74, 6) is 1.40. The second-order valence-corrected chi connectivity index (χ2v) is 4.87. The predicted octanol–water partition coefficient (Wildman–Crippen LogP) is 1.89. The van der Waals surface area contributed by atoms with Gasteiger partial charge in [0.1, 0.15) is 0 Å². The van der Waals surface area contributed by atoms with Crippen molar-refractivity contribution < 1.29 is 0 Å². The Kier molecular flexibility index (Phi) is 5.21. The molecule has 14 heavy (non-hydrogen) atoms. The molecule has 2 atom stereocenters. The van der Waals surface area contributed by atoms with Crippen molar-refractivity contribution in [3.8, 4) is 0 Å². The van der Waals surface area contributed by atoms with Crippen LogP contribution in [0.25, 0.3) is 0 Å². The number of hydrogen-bond donors (Lipinski definition) is 0. The Labute approximate surface area is 93.2 Å². The van der Waals surface area contributed by atoms with Crippen LogP contribution in [-0.4, -0.2) is 54.9 Å². The fraction of sp³-hybridized carbons (Fsp3) is 1.00. The summed E-state index contributed by atoms with van der Waals surface area (Å²) in [5, 5.41) is 0. The summed E-state index contributed by atoms with van der Waals surface area (Å²) >= 11 is 5.83. The maximum atomic E-state index is 5.83. The topological polar surface area (TPSA) is 6.48 Å². The highest BCUT2D eigenvalue weighted by Gasteiger charge is 2.23. The first-order valence-electron chi connectivity index (χ1n) is 5.66. The average Bonchev–Trinajstić information content (AvgIpc) is 2.20. The lowest BCUT2D eigenvalue weighted by Gasteiger charge is -2.39. The Hall–Kier alpha value is 0.210. The molecule has 0 aliphatic carbocycles. The summed E-state index contributed by atoms with van der Waals surface area (Å²) in [5.41, 5.74) is 0. The normalized spacial score (nSPS) is 27.9. The van der Waals surface area contributed by atoms with Crippen molar-refractivity contribution in [3.63, 3.8) is 0 Å². The highest BCUT2D eigenvalue weighted by Crippen LogP contribution is 2.12. The fourth-order valence-corrected chi connectivity index (χ4v) is 2.20. The van der Waals surface area contributed by atoms with Gasteiger partial charge in [0.15, 0.2) is 0 Å². The molecule has 3 heteroatoms. The first-order chi connectivity index (χ1) is 6.67. The van der Waals surface area contributed by atoms with E-state index in [1.165, 1.54) is 26.1 Å². The Balaban J connectivity index is 2.34. The molecule has 0 aromatic heterocycles. The van der Waals surface area contributed by atoms with Crippen LogP contribution in [0.4, 0.5) is 0 Å². The molecule has 84 valence electrons. The van der Waals surface area contributed by atoms with Crippen molar-refractivity contribution in [1.82, 2.24) is 9.80 Å². The molecule has 1 fully saturated rings. The second-order valence-electron chi connectivity index (χ2n) is 4.56. The molecule has 1 heterocycles. The minimum atomic E-state index is 0.623. The van der Waals surface area contributed by atoms with Crippen molar-refractivity contribution in [2.75, 3.05) is 39.1 Å². The molecule has 0 aromatic rings. The van der Waals surface area contributed by atoms with Crippen molar-refractivity contribution in [3.05, 3.63) is 0 Å². The van der Waals surface area contributed by atoms with Crippen LogP contribution in [-0.2, 0) is 0 Å². The number of hydrogen-bond acceptors (Lipinski definition) is 2. The summed E-state index contributed by atoms with van der Waals surface area (Å²) in [6, 6.07) is 0.742. The van der Waals surface area contributed by atoms with Crippen molar-refractivity contribution in [2.45, 2.75) is 26.3 Å². The number of likely N-dealkylation sites (N-methyl/N-ethyl adjacent to an activating group) is 1. The summed E-state index contributed by atoms with van der Waals surface area (Å²) in [4.78, 5) is 5.03.